The summed E-state index contributed by atoms with van der Waals surface area (Å²) >= 11 is 0. The Hall–Kier alpha value is -3.15. The summed E-state index contributed by atoms with van der Waals surface area (Å²) in [7, 11) is 1.54. The lowest BCUT2D eigenvalue weighted by Gasteiger charge is -2.05. The lowest BCUT2D eigenvalue weighted by atomic mass is 10.1. The highest BCUT2D eigenvalue weighted by Crippen LogP contribution is 2.27. The van der Waals surface area contributed by atoms with Gasteiger partial charge >= 0.3 is 0 Å². The van der Waals surface area contributed by atoms with Crippen molar-refractivity contribution >= 4 is 28.5 Å². The summed E-state index contributed by atoms with van der Waals surface area (Å²) in [5, 5.41) is 5.76. The molecule has 0 atom stereocenters. The zero-order chi connectivity index (χ0) is 17.3. The van der Waals surface area contributed by atoms with Gasteiger partial charge in [-0.15, -0.1) is 0 Å². The van der Waals surface area contributed by atoms with E-state index >= 15 is 0 Å². The first-order valence-corrected chi connectivity index (χ1v) is 7.32. The van der Waals surface area contributed by atoms with Crippen LogP contribution in [0.25, 0.3) is 11.0 Å². The molecule has 24 heavy (non-hydrogen) atoms. The van der Waals surface area contributed by atoms with Crippen molar-refractivity contribution in [1.82, 2.24) is 5.32 Å². The minimum Gasteiger partial charge on any atom is -0.448 e. The average Bonchev–Trinajstić information content (AvgIpc) is 2.93. The number of hydrogen-bond acceptors (Lipinski definition) is 3. The van der Waals surface area contributed by atoms with Gasteiger partial charge in [0.05, 0.1) is 0 Å². The number of carbonyl (C=O) groups is 2. The molecular formula is C18H15FN2O3. The van der Waals surface area contributed by atoms with E-state index in [2.05, 4.69) is 10.6 Å². The Kier molecular flexibility index (Phi) is 4.04. The molecule has 0 spiro atoms. The number of furan rings is 1. The predicted octanol–water partition coefficient (Wildman–Crippen LogP) is 3.49. The molecular weight excluding hydrogens is 311 g/mol. The lowest BCUT2D eigenvalue weighted by Crippen LogP contribution is -2.18. The van der Waals surface area contributed by atoms with Crippen LogP contribution in [0.1, 0.15) is 26.5 Å². The molecule has 3 rings (SSSR count). The van der Waals surface area contributed by atoms with E-state index in [1.165, 1.54) is 6.07 Å². The summed E-state index contributed by atoms with van der Waals surface area (Å²) in [6, 6.07) is 11.0. The fourth-order valence-corrected chi connectivity index (χ4v) is 2.46. The van der Waals surface area contributed by atoms with Gasteiger partial charge in [-0.3, -0.25) is 9.59 Å². The maximum absolute atomic E-state index is 13.8. The number of para-hydroxylation sites is 1. The standard InChI is InChI=1S/C18H15FN2O3/c1-10-13-4-3-5-14(19)16(13)24-15(10)18(23)21-12-8-6-11(7-9-12)17(22)20-2/h3-9H,1-2H3,(H,20,22)(H,21,23). The zero-order valence-corrected chi connectivity index (χ0v) is 13.1. The second-order valence-corrected chi connectivity index (χ2v) is 5.28. The van der Waals surface area contributed by atoms with Gasteiger partial charge in [-0.25, -0.2) is 4.39 Å². The maximum atomic E-state index is 13.8. The van der Waals surface area contributed by atoms with E-state index in [-0.39, 0.29) is 17.3 Å². The number of carbonyl (C=O) groups excluding carboxylic acids is 2. The largest absolute Gasteiger partial charge is 0.448 e. The Morgan fingerprint density at radius 2 is 1.75 bits per heavy atom. The van der Waals surface area contributed by atoms with Crippen LogP contribution in [0.5, 0.6) is 0 Å². The van der Waals surface area contributed by atoms with Crippen molar-refractivity contribution in [2.24, 2.45) is 0 Å². The van der Waals surface area contributed by atoms with Crippen molar-refractivity contribution in [2.45, 2.75) is 6.92 Å². The van der Waals surface area contributed by atoms with Gasteiger partial charge in [0.1, 0.15) is 0 Å². The lowest BCUT2D eigenvalue weighted by molar-refractivity contribution is 0.0962. The number of amides is 2. The topological polar surface area (TPSA) is 71.3 Å². The van der Waals surface area contributed by atoms with Crippen LogP contribution in [0.15, 0.2) is 46.9 Å². The van der Waals surface area contributed by atoms with E-state index in [9.17, 15) is 14.0 Å². The number of rotatable bonds is 3. The third-order valence-corrected chi connectivity index (χ3v) is 3.75. The second-order valence-electron chi connectivity index (χ2n) is 5.28. The summed E-state index contributed by atoms with van der Waals surface area (Å²) in [6.07, 6.45) is 0. The molecule has 5 nitrogen and oxygen atoms in total. The van der Waals surface area contributed by atoms with Gasteiger partial charge in [0, 0.05) is 29.2 Å². The smallest absolute Gasteiger partial charge is 0.291 e. The number of fused-ring (bicyclic) bond motifs is 1. The Morgan fingerprint density at radius 3 is 2.38 bits per heavy atom. The minimum absolute atomic E-state index is 0.0606. The first-order chi connectivity index (χ1) is 11.5. The molecule has 1 aromatic heterocycles. The molecule has 0 saturated carbocycles. The first-order valence-electron chi connectivity index (χ1n) is 7.32. The molecule has 3 aromatic rings. The van der Waals surface area contributed by atoms with E-state index < -0.39 is 11.7 Å². The Morgan fingerprint density at radius 1 is 1.04 bits per heavy atom. The van der Waals surface area contributed by atoms with Gasteiger partial charge < -0.3 is 15.1 Å². The fraction of sp³-hybridized carbons (Fsp3) is 0.111. The second kappa shape index (κ2) is 6.16. The number of anilines is 1. The van der Waals surface area contributed by atoms with Crippen LogP contribution in [0.4, 0.5) is 10.1 Å². The molecule has 0 bridgehead atoms. The Balaban J connectivity index is 1.86. The summed E-state index contributed by atoms with van der Waals surface area (Å²) in [5.74, 6) is -1.14. The molecule has 0 fully saturated rings. The van der Waals surface area contributed by atoms with Gasteiger partial charge in [0.2, 0.25) is 0 Å². The zero-order valence-electron chi connectivity index (χ0n) is 13.1. The molecule has 0 unspecified atom stereocenters. The molecule has 1 heterocycles. The molecule has 6 heteroatoms. The van der Waals surface area contributed by atoms with Gasteiger partial charge in [0.15, 0.2) is 17.2 Å². The Labute approximate surface area is 137 Å². The van der Waals surface area contributed by atoms with E-state index in [0.717, 1.165) is 0 Å². The van der Waals surface area contributed by atoms with Crippen molar-refractivity contribution in [3.05, 3.63) is 65.2 Å². The fourth-order valence-electron chi connectivity index (χ4n) is 2.46. The van der Waals surface area contributed by atoms with Crippen molar-refractivity contribution < 1.29 is 18.4 Å². The highest BCUT2D eigenvalue weighted by Gasteiger charge is 2.19. The van der Waals surface area contributed by atoms with Crippen molar-refractivity contribution in [3.8, 4) is 0 Å². The van der Waals surface area contributed by atoms with E-state index in [0.29, 0.717) is 22.2 Å². The SMILES string of the molecule is CNC(=O)c1ccc(NC(=O)c2oc3c(F)cccc3c2C)cc1. The molecule has 2 aromatic carbocycles. The van der Waals surface area contributed by atoms with Crippen LogP contribution < -0.4 is 10.6 Å². The number of aryl methyl sites for hydroxylation is 1. The van der Waals surface area contributed by atoms with Gasteiger partial charge in [-0.1, -0.05) is 12.1 Å². The molecule has 0 aliphatic rings. The molecule has 2 N–H and O–H groups in total. The minimum atomic E-state index is -0.510. The number of benzene rings is 2. The number of hydrogen-bond donors (Lipinski definition) is 2. The summed E-state index contributed by atoms with van der Waals surface area (Å²) in [5.41, 5.74) is 1.63. The van der Waals surface area contributed by atoms with Crippen LogP contribution in [0, 0.1) is 12.7 Å². The van der Waals surface area contributed by atoms with Crippen LogP contribution in [0.2, 0.25) is 0 Å². The summed E-state index contributed by atoms with van der Waals surface area (Å²) in [6.45, 7) is 1.70. The number of nitrogens with one attached hydrogen (secondary N) is 2. The molecule has 0 aliphatic heterocycles. The van der Waals surface area contributed by atoms with Gasteiger partial charge in [-0.05, 0) is 37.3 Å². The van der Waals surface area contributed by atoms with Crippen molar-refractivity contribution in [1.29, 1.82) is 0 Å². The quantitative estimate of drug-likeness (QED) is 0.774. The van der Waals surface area contributed by atoms with Gasteiger partial charge in [0.25, 0.3) is 11.8 Å². The van der Waals surface area contributed by atoms with E-state index in [4.69, 9.17) is 4.42 Å². The molecule has 0 saturated heterocycles. The third-order valence-electron chi connectivity index (χ3n) is 3.75. The highest BCUT2D eigenvalue weighted by atomic mass is 19.1. The number of halogens is 1. The van der Waals surface area contributed by atoms with Crippen LogP contribution in [-0.4, -0.2) is 18.9 Å². The van der Waals surface area contributed by atoms with Crippen LogP contribution >= 0.6 is 0 Å². The van der Waals surface area contributed by atoms with Crippen molar-refractivity contribution in [2.75, 3.05) is 12.4 Å². The molecule has 2 amide bonds. The maximum Gasteiger partial charge on any atom is 0.291 e. The van der Waals surface area contributed by atoms with Crippen LogP contribution in [-0.2, 0) is 0 Å². The summed E-state index contributed by atoms with van der Waals surface area (Å²) in [4.78, 5) is 23.9. The normalized spacial score (nSPS) is 10.6. The molecule has 0 radical (unpaired) electrons. The Bertz CT molecular complexity index is 929. The summed E-state index contributed by atoms with van der Waals surface area (Å²) < 4.78 is 19.2. The first kappa shape index (κ1) is 15.7. The average molecular weight is 326 g/mol. The van der Waals surface area contributed by atoms with E-state index in [1.54, 1.807) is 50.4 Å². The van der Waals surface area contributed by atoms with Gasteiger partial charge in [-0.2, -0.15) is 0 Å². The molecule has 122 valence electrons. The monoisotopic (exact) mass is 326 g/mol. The third kappa shape index (κ3) is 2.74. The van der Waals surface area contributed by atoms with E-state index in [1.807, 2.05) is 0 Å². The highest BCUT2D eigenvalue weighted by molar-refractivity contribution is 6.06. The van der Waals surface area contributed by atoms with Crippen LogP contribution in [0.3, 0.4) is 0 Å². The predicted molar refractivity (Wildman–Crippen MR) is 88.7 cm³/mol. The molecule has 0 aliphatic carbocycles. The van der Waals surface area contributed by atoms with Crippen molar-refractivity contribution in [3.63, 3.8) is 0 Å².